The van der Waals surface area contributed by atoms with E-state index in [2.05, 4.69) is 18.9 Å². The van der Waals surface area contributed by atoms with E-state index in [-0.39, 0.29) is 76.8 Å². The van der Waals surface area contributed by atoms with E-state index in [4.69, 9.17) is 28.4 Å². The minimum Gasteiger partial charge on any atom is -0.490 e. The maximum Gasteiger partial charge on any atom is 0.337 e. The van der Waals surface area contributed by atoms with Gasteiger partial charge in [0.15, 0.2) is 0 Å². The molecule has 0 spiro atoms. The van der Waals surface area contributed by atoms with E-state index in [9.17, 15) is 38.4 Å². The number of benzene rings is 4. The van der Waals surface area contributed by atoms with Crippen LogP contribution < -0.4 is 28.4 Å². The number of carbonyl (C=O) groups excluding carboxylic acids is 8. The Balaban J connectivity index is 0.000000362. The molecule has 2 aliphatic carbocycles. The zero-order valence-corrected chi connectivity index (χ0v) is 37.5. The maximum absolute atomic E-state index is 12.6. The van der Waals surface area contributed by atoms with Gasteiger partial charge in [-0.25, -0.2) is 9.59 Å². The Bertz CT molecular complexity index is 2130. The Morgan fingerprint density at radius 3 is 0.868 bits per heavy atom. The first-order chi connectivity index (χ1) is 33.0. The molecule has 0 bridgehead atoms. The number of esters is 6. The van der Waals surface area contributed by atoms with Crippen LogP contribution >= 0.6 is 0 Å². The molecule has 6 rings (SSSR count). The number of carbonyl (C=O) groups is 8. The van der Waals surface area contributed by atoms with E-state index < -0.39 is 11.9 Å². The van der Waals surface area contributed by atoms with Crippen molar-refractivity contribution in [2.24, 2.45) is 23.7 Å². The number of hydrogen-bond acceptors (Lipinski definition) is 18. The van der Waals surface area contributed by atoms with Crippen LogP contribution in [0, 0.1) is 23.7 Å². The Kier molecular flexibility index (Phi) is 20.4. The molecule has 0 unspecified atom stereocenters. The summed E-state index contributed by atoms with van der Waals surface area (Å²) < 4.78 is 51.0. The van der Waals surface area contributed by atoms with Crippen molar-refractivity contribution in [3.63, 3.8) is 0 Å². The molecule has 2 aliphatic rings. The molecule has 0 aromatic heterocycles. The smallest absolute Gasteiger partial charge is 0.337 e. The maximum atomic E-state index is 12.6. The van der Waals surface area contributed by atoms with Crippen molar-refractivity contribution in [3.05, 3.63) is 108 Å². The van der Waals surface area contributed by atoms with E-state index in [1.807, 2.05) is 0 Å². The first-order valence-corrected chi connectivity index (χ1v) is 21.8. The van der Waals surface area contributed by atoms with Crippen LogP contribution in [-0.4, -0.2) is 89.4 Å². The number of methoxy groups -OCH3 is 2. The van der Waals surface area contributed by atoms with Crippen LogP contribution in [0.25, 0.3) is 0 Å². The molecule has 0 N–H and O–H groups in total. The topological polar surface area (TPSA) is 229 Å². The van der Waals surface area contributed by atoms with Crippen LogP contribution in [0.2, 0.25) is 0 Å². The lowest BCUT2D eigenvalue weighted by molar-refractivity contribution is -0.145. The fourth-order valence-corrected chi connectivity index (χ4v) is 7.20. The third-order valence-electron chi connectivity index (χ3n) is 10.9. The average molecular weight is 945 g/mol. The molecule has 18 heteroatoms. The van der Waals surface area contributed by atoms with Crippen LogP contribution in [-0.2, 0) is 47.7 Å². The molecule has 0 heterocycles. The highest BCUT2D eigenvalue weighted by Gasteiger charge is 2.33. The lowest BCUT2D eigenvalue weighted by atomic mass is 9.82. The van der Waals surface area contributed by atoms with E-state index in [1.54, 1.807) is 72.8 Å². The summed E-state index contributed by atoms with van der Waals surface area (Å²) in [7, 11) is 2.59. The molecule has 0 aliphatic heterocycles. The van der Waals surface area contributed by atoms with Crippen molar-refractivity contribution in [2.75, 3.05) is 40.6 Å². The molecule has 0 radical (unpaired) electrons. The molecule has 2 fully saturated rings. The quantitative estimate of drug-likeness (QED) is 0.0281. The second-order valence-electron chi connectivity index (χ2n) is 15.4. The number of hydrogen-bond donors (Lipinski definition) is 0. The van der Waals surface area contributed by atoms with Crippen molar-refractivity contribution in [1.29, 1.82) is 0 Å². The molecule has 0 atom stereocenters. The van der Waals surface area contributed by atoms with Gasteiger partial charge in [-0.15, -0.1) is 0 Å². The Morgan fingerprint density at radius 2 is 0.632 bits per heavy atom. The van der Waals surface area contributed by atoms with Gasteiger partial charge in [-0.1, -0.05) is 0 Å². The van der Waals surface area contributed by atoms with E-state index in [0.29, 0.717) is 110 Å². The molecular formula is C50H56O18. The normalized spacial score (nSPS) is 17.2. The van der Waals surface area contributed by atoms with Gasteiger partial charge in [-0.05, 0) is 148 Å². The third-order valence-corrected chi connectivity index (χ3v) is 10.9. The molecule has 4 aromatic rings. The predicted octanol–water partition coefficient (Wildman–Crippen LogP) is 7.18. The highest BCUT2D eigenvalue weighted by atomic mass is 16.6. The van der Waals surface area contributed by atoms with Crippen molar-refractivity contribution >= 4 is 48.8 Å². The van der Waals surface area contributed by atoms with Crippen LogP contribution in [0.1, 0.15) is 74.9 Å². The summed E-state index contributed by atoms with van der Waals surface area (Å²) in [5, 5.41) is 0. The summed E-state index contributed by atoms with van der Waals surface area (Å²) in [6, 6.07) is 25.4. The Hall–Kier alpha value is -7.76. The lowest BCUT2D eigenvalue weighted by Gasteiger charge is -2.25. The van der Waals surface area contributed by atoms with Gasteiger partial charge in [-0.3, -0.25) is 28.8 Å². The molecule has 0 saturated heterocycles. The van der Waals surface area contributed by atoms with E-state index in [1.165, 1.54) is 38.5 Å². The first-order valence-electron chi connectivity index (χ1n) is 21.8. The first kappa shape index (κ1) is 51.2. The molecule has 68 heavy (non-hydrogen) atoms. The molecule has 4 aromatic carbocycles. The van der Waals surface area contributed by atoms with E-state index >= 15 is 0 Å². The van der Waals surface area contributed by atoms with Gasteiger partial charge in [0.2, 0.25) is 0 Å². The van der Waals surface area contributed by atoms with Crippen molar-refractivity contribution in [3.8, 4) is 34.5 Å². The fourth-order valence-electron chi connectivity index (χ4n) is 7.20. The SMILES string of the molecule is COC(=O)c1ccc(OC(=O)C2CCC(C(=O)Oc3ccc(C(=O)OC)cc3)CC2)cc1.O=COCCOc1ccc(OC(=O)C2CCC(C(=O)Oc3ccc(OCCOC=O)cc3)CC2)cc1.[HH].[HH]. The summed E-state index contributed by atoms with van der Waals surface area (Å²) >= 11 is 0. The zero-order valence-electron chi connectivity index (χ0n) is 37.5. The average Bonchev–Trinajstić information content (AvgIpc) is 3.37. The predicted molar refractivity (Wildman–Crippen MR) is 241 cm³/mol. The second kappa shape index (κ2) is 27.0. The van der Waals surface area contributed by atoms with Crippen LogP contribution in [0.4, 0.5) is 0 Å². The van der Waals surface area contributed by atoms with Crippen molar-refractivity contribution in [2.45, 2.75) is 51.4 Å². The Morgan fingerprint density at radius 1 is 0.397 bits per heavy atom. The third kappa shape index (κ3) is 16.3. The molecule has 18 nitrogen and oxygen atoms in total. The summed E-state index contributed by atoms with van der Waals surface area (Å²) in [6.45, 7) is 1.47. The lowest BCUT2D eigenvalue weighted by Crippen LogP contribution is -2.30. The summed E-state index contributed by atoms with van der Waals surface area (Å²) in [5.74, 6) is -0.866. The second-order valence-corrected chi connectivity index (χ2v) is 15.4. The standard InChI is InChI=1S/C26H28O10.C24H24O8.2H2/c27-17-31-13-15-33-21-5-9-23(10-6-21)35-25(29)19-1-2-20(4-3-19)26(30)36-24-11-7-22(8-12-24)34-16-14-32-18-28;1-29-21(25)15-7-11-19(12-8-15)31-23(27)17-3-5-18(6-4-17)24(28)32-20-13-9-16(10-14-20)22(26)30-2;;/h5-12,17-20H,1-4,13-16H2;7-14,17-18H,3-6H2,1-2H3;2*1H. The molecular weight excluding hydrogens is 889 g/mol. The van der Waals surface area contributed by atoms with Gasteiger partial charge in [0, 0.05) is 2.85 Å². The van der Waals surface area contributed by atoms with Gasteiger partial charge in [0.05, 0.1) is 49.0 Å². The summed E-state index contributed by atoms with van der Waals surface area (Å²) in [5.41, 5.74) is 0.734. The van der Waals surface area contributed by atoms with Gasteiger partial charge >= 0.3 is 35.8 Å². The van der Waals surface area contributed by atoms with E-state index in [0.717, 1.165) is 0 Å². The van der Waals surface area contributed by atoms with Crippen molar-refractivity contribution in [1.82, 2.24) is 0 Å². The highest BCUT2D eigenvalue weighted by Crippen LogP contribution is 2.33. The summed E-state index contributed by atoms with van der Waals surface area (Å²) in [6.07, 6.45) is 4.19. The van der Waals surface area contributed by atoms with Gasteiger partial charge in [-0.2, -0.15) is 0 Å². The highest BCUT2D eigenvalue weighted by molar-refractivity contribution is 5.90. The minimum atomic E-state index is -0.465. The number of ether oxygens (including phenoxy) is 10. The van der Waals surface area contributed by atoms with Gasteiger partial charge < -0.3 is 47.4 Å². The molecule has 2 saturated carbocycles. The van der Waals surface area contributed by atoms with Gasteiger partial charge in [0.25, 0.3) is 12.9 Å². The molecule has 364 valence electrons. The molecule has 0 amide bonds. The van der Waals surface area contributed by atoms with Crippen LogP contribution in [0.15, 0.2) is 97.1 Å². The minimum absolute atomic E-state index is 0. The zero-order chi connectivity index (χ0) is 48.7. The van der Waals surface area contributed by atoms with Crippen LogP contribution in [0.3, 0.4) is 0 Å². The largest absolute Gasteiger partial charge is 0.490 e. The Labute approximate surface area is 394 Å². The van der Waals surface area contributed by atoms with Gasteiger partial charge in [0.1, 0.15) is 60.9 Å². The fraction of sp³-hybridized carbons (Fsp3) is 0.360. The van der Waals surface area contributed by atoms with Crippen molar-refractivity contribution < 1.29 is 88.6 Å². The number of rotatable bonds is 20. The summed E-state index contributed by atoms with van der Waals surface area (Å²) in [4.78, 5) is 93.2. The monoisotopic (exact) mass is 944 g/mol. The van der Waals surface area contributed by atoms with Crippen LogP contribution in [0.5, 0.6) is 34.5 Å².